The molecule has 1 aliphatic heterocycles. The van der Waals surface area contributed by atoms with Crippen molar-refractivity contribution in [1.29, 1.82) is 0 Å². The van der Waals surface area contributed by atoms with Crippen molar-refractivity contribution in [2.75, 3.05) is 18.0 Å². The normalized spacial score (nSPS) is 18.2. The SMILES string of the molecule is CC(C)(C)OC(=O)N1CC[C@H](N(C(=O)OC(C)(C)C)c2nccs2)C1. The molecule has 1 aliphatic rings. The number of carbonyl (C=O) groups excluding carboxylic acids is 2. The summed E-state index contributed by atoms with van der Waals surface area (Å²) < 4.78 is 11.0. The van der Waals surface area contributed by atoms with Crippen LogP contribution in [0.2, 0.25) is 0 Å². The lowest BCUT2D eigenvalue weighted by Gasteiger charge is -2.30. The molecule has 1 fully saturated rings. The zero-order valence-corrected chi connectivity index (χ0v) is 16.6. The summed E-state index contributed by atoms with van der Waals surface area (Å²) in [5.41, 5.74) is -1.15. The molecule has 0 N–H and O–H groups in total. The Balaban J connectivity index is 2.12. The van der Waals surface area contributed by atoms with Crippen molar-refractivity contribution in [2.24, 2.45) is 0 Å². The van der Waals surface area contributed by atoms with Gasteiger partial charge in [0.1, 0.15) is 11.2 Å². The van der Waals surface area contributed by atoms with E-state index >= 15 is 0 Å². The quantitative estimate of drug-likeness (QED) is 0.791. The maximum absolute atomic E-state index is 12.7. The van der Waals surface area contributed by atoms with E-state index in [4.69, 9.17) is 9.47 Å². The van der Waals surface area contributed by atoms with E-state index in [-0.39, 0.29) is 12.1 Å². The molecule has 0 spiro atoms. The summed E-state index contributed by atoms with van der Waals surface area (Å²) in [5.74, 6) is 0. The molecular weight excluding hydrogens is 342 g/mol. The van der Waals surface area contributed by atoms with E-state index in [1.54, 1.807) is 16.0 Å². The monoisotopic (exact) mass is 369 g/mol. The first kappa shape index (κ1) is 19.5. The molecule has 2 heterocycles. The smallest absolute Gasteiger partial charge is 0.416 e. The highest BCUT2D eigenvalue weighted by Gasteiger charge is 2.38. The summed E-state index contributed by atoms with van der Waals surface area (Å²) in [6.45, 7) is 11.9. The van der Waals surface area contributed by atoms with E-state index in [0.29, 0.717) is 24.6 Å². The summed E-state index contributed by atoms with van der Waals surface area (Å²) in [7, 11) is 0. The number of rotatable bonds is 2. The Morgan fingerprint density at radius 3 is 2.36 bits per heavy atom. The molecule has 2 amide bonds. The number of hydrogen-bond acceptors (Lipinski definition) is 6. The van der Waals surface area contributed by atoms with Gasteiger partial charge in [-0.15, -0.1) is 11.3 Å². The third-order valence-electron chi connectivity index (χ3n) is 3.40. The molecule has 8 heteroatoms. The van der Waals surface area contributed by atoms with E-state index in [9.17, 15) is 9.59 Å². The Labute approximate surface area is 152 Å². The summed E-state index contributed by atoms with van der Waals surface area (Å²) in [6, 6.07) is -0.187. The average Bonchev–Trinajstić information content (AvgIpc) is 3.06. The molecule has 0 unspecified atom stereocenters. The van der Waals surface area contributed by atoms with Gasteiger partial charge in [-0.2, -0.15) is 0 Å². The lowest BCUT2D eigenvalue weighted by molar-refractivity contribution is 0.0287. The molecule has 1 atom stereocenters. The van der Waals surface area contributed by atoms with Gasteiger partial charge in [-0.05, 0) is 48.0 Å². The summed E-state index contributed by atoms with van der Waals surface area (Å²) >= 11 is 1.37. The van der Waals surface area contributed by atoms with Crippen molar-refractivity contribution >= 4 is 28.7 Å². The second kappa shape index (κ2) is 7.19. The number of hydrogen-bond donors (Lipinski definition) is 0. The standard InChI is InChI=1S/C17H27N3O4S/c1-16(2,3)23-14(21)19-9-7-12(11-19)20(13-18-8-10-25-13)15(22)24-17(4,5)6/h8,10,12H,7,9,11H2,1-6H3/t12-/m0/s1. The zero-order chi connectivity index (χ0) is 18.8. The van der Waals surface area contributed by atoms with Crippen LogP contribution in [0.5, 0.6) is 0 Å². The van der Waals surface area contributed by atoms with Crippen molar-refractivity contribution in [2.45, 2.75) is 65.2 Å². The minimum atomic E-state index is -0.601. The van der Waals surface area contributed by atoms with Crippen LogP contribution in [0.3, 0.4) is 0 Å². The number of amides is 2. The minimum Gasteiger partial charge on any atom is -0.444 e. The highest BCUT2D eigenvalue weighted by Crippen LogP contribution is 2.28. The van der Waals surface area contributed by atoms with Crippen molar-refractivity contribution in [3.05, 3.63) is 11.6 Å². The zero-order valence-electron chi connectivity index (χ0n) is 15.7. The van der Waals surface area contributed by atoms with Crippen LogP contribution in [0.25, 0.3) is 0 Å². The Morgan fingerprint density at radius 2 is 1.84 bits per heavy atom. The number of anilines is 1. The fraction of sp³-hybridized carbons (Fsp3) is 0.706. The van der Waals surface area contributed by atoms with Gasteiger partial charge in [-0.25, -0.2) is 19.5 Å². The van der Waals surface area contributed by atoms with E-state index in [1.807, 2.05) is 46.9 Å². The van der Waals surface area contributed by atoms with Crippen molar-refractivity contribution in [1.82, 2.24) is 9.88 Å². The first-order valence-corrected chi connectivity index (χ1v) is 9.24. The van der Waals surface area contributed by atoms with Gasteiger partial charge in [0.25, 0.3) is 0 Å². The van der Waals surface area contributed by atoms with Crippen molar-refractivity contribution in [3.8, 4) is 0 Å². The molecule has 0 saturated carbocycles. The van der Waals surface area contributed by atoms with Gasteiger partial charge in [0.2, 0.25) is 0 Å². The number of thiazole rings is 1. The molecule has 0 bridgehead atoms. The summed E-state index contributed by atoms with van der Waals surface area (Å²) in [4.78, 5) is 32.4. The van der Waals surface area contributed by atoms with Crippen LogP contribution in [0.1, 0.15) is 48.0 Å². The van der Waals surface area contributed by atoms with Gasteiger partial charge in [0.15, 0.2) is 5.13 Å². The molecule has 1 aromatic rings. The van der Waals surface area contributed by atoms with Crippen LogP contribution in [-0.2, 0) is 9.47 Å². The molecule has 1 aromatic heterocycles. The second-order valence-electron chi connectivity index (χ2n) is 8.03. The van der Waals surface area contributed by atoms with Gasteiger partial charge >= 0.3 is 12.2 Å². The molecule has 2 rings (SSSR count). The Morgan fingerprint density at radius 1 is 1.20 bits per heavy atom. The van der Waals surface area contributed by atoms with Crippen LogP contribution in [0, 0.1) is 0 Å². The van der Waals surface area contributed by atoms with Crippen LogP contribution < -0.4 is 4.90 Å². The number of aromatic nitrogens is 1. The maximum Gasteiger partial charge on any atom is 0.416 e. The topological polar surface area (TPSA) is 72.0 Å². The number of carbonyl (C=O) groups is 2. The highest BCUT2D eigenvalue weighted by atomic mass is 32.1. The van der Waals surface area contributed by atoms with Crippen LogP contribution in [0.4, 0.5) is 14.7 Å². The van der Waals surface area contributed by atoms with Crippen molar-refractivity contribution in [3.63, 3.8) is 0 Å². The average molecular weight is 369 g/mol. The van der Waals surface area contributed by atoms with E-state index in [1.165, 1.54) is 11.3 Å². The fourth-order valence-electron chi connectivity index (χ4n) is 2.47. The molecule has 140 valence electrons. The Hall–Kier alpha value is -1.83. The van der Waals surface area contributed by atoms with E-state index in [0.717, 1.165) is 0 Å². The predicted octanol–water partition coefficient (Wildman–Crippen LogP) is 3.89. The van der Waals surface area contributed by atoms with Gasteiger partial charge in [-0.1, -0.05) is 0 Å². The van der Waals surface area contributed by atoms with Crippen LogP contribution in [-0.4, -0.2) is 52.4 Å². The third kappa shape index (κ3) is 5.59. The van der Waals surface area contributed by atoms with Crippen molar-refractivity contribution < 1.29 is 19.1 Å². The predicted molar refractivity (Wildman–Crippen MR) is 97.0 cm³/mol. The fourth-order valence-corrected chi connectivity index (χ4v) is 3.18. The molecular formula is C17H27N3O4S. The first-order valence-electron chi connectivity index (χ1n) is 8.36. The van der Waals surface area contributed by atoms with Gasteiger partial charge in [0.05, 0.1) is 6.04 Å². The van der Waals surface area contributed by atoms with E-state index in [2.05, 4.69) is 4.98 Å². The number of likely N-dealkylation sites (tertiary alicyclic amines) is 1. The molecule has 0 aromatic carbocycles. The van der Waals surface area contributed by atoms with Crippen LogP contribution in [0.15, 0.2) is 11.6 Å². The largest absolute Gasteiger partial charge is 0.444 e. The molecule has 1 saturated heterocycles. The lowest BCUT2D eigenvalue weighted by atomic mass is 10.2. The molecule has 7 nitrogen and oxygen atoms in total. The molecule has 0 radical (unpaired) electrons. The second-order valence-corrected chi connectivity index (χ2v) is 8.91. The van der Waals surface area contributed by atoms with E-state index < -0.39 is 17.3 Å². The maximum atomic E-state index is 12.7. The number of ether oxygens (including phenoxy) is 2. The van der Waals surface area contributed by atoms with Gasteiger partial charge in [-0.3, -0.25) is 0 Å². The minimum absolute atomic E-state index is 0.187. The summed E-state index contributed by atoms with van der Waals surface area (Å²) in [6.07, 6.45) is 1.49. The lowest BCUT2D eigenvalue weighted by Crippen LogP contribution is -2.45. The molecule has 0 aliphatic carbocycles. The Bertz CT molecular complexity index is 604. The summed E-state index contributed by atoms with van der Waals surface area (Å²) in [5, 5.41) is 2.39. The number of nitrogens with zero attached hydrogens (tertiary/aromatic N) is 3. The highest BCUT2D eigenvalue weighted by molar-refractivity contribution is 7.13. The Kier molecular flexibility index (Phi) is 5.61. The molecule has 25 heavy (non-hydrogen) atoms. The van der Waals surface area contributed by atoms with Gasteiger partial charge < -0.3 is 14.4 Å². The van der Waals surface area contributed by atoms with Gasteiger partial charge in [0, 0.05) is 24.7 Å². The first-order chi connectivity index (χ1) is 11.5. The third-order valence-corrected chi connectivity index (χ3v) is 4.17. The van der Waals surface area contributed by atoms with Crippen LogP contribution >= 0.6 is 11.3 Å².